The first-order valence-electron chi connectivity index (χ1n) is 8.53. The summed E-state index contributed by atoms with van der Waals surface area (Å²) in [6.07, 6.45) is 3.10. The molecule has 0 aliphatic carbocycles. The first-order valence-corrected chi connectivity index (χ1v) is 8.53. The van der Waals surface area contributed by atoms with Gasteiger partial charge in [-0.15, -0.1) is 10.2 Å². The molecule has 3 aromatic heterocycles. The molecule has 0 atom stereocenters. The van der Waals surface area contributed by atoms with Crippen molar-refractivity contribution in [1.29, 1.82) is 0 Å². The molecule has 0 saturated carbocycles. The van der Waals surface area contributed by atoms with Crippen molar-refractivity contribution < 1.29 is 18.0 Å². The Balaban J connectivity index is 1.42. The predicted molar refractivity (Wildman–Crippen MR) is 102 cm³/mol. The number of anilines is 1. The number of furan rings is 2. The second-order valence-electron chi connectivity index (χ2n) is 6.07. The molecule has 7 nitrogen and oxygen atoms in total. The molecule has 0 bridgehead atoms. The SMILES string of the molecule is O=C(Nc1cccc(-c2nnc(-c3ccco3)o2)c1)c1cccc2ccoc12. The molecule has 136 valence electrons. The van der Waals surface area contributed by atoms with Crippen LogP contribution in [0, 0.1) is 0 Å². The fraction of sp³-hybridized carbons (Fsp3) is 0. The summed E-state index contributed by atoms with van der Waals surface area (Å²) in [5.74, 6) is 0.851. The molecule has 2 aromatic carbocycles. The van der Waals surface area contributed by atoms with Crippen molar-refractivity contribution >= 4 is 22.6 Å². The predicted octanol–water partition coefficient (Wildman–Crippen LogP) is 5.00. The van der Waals surface area contributed by atoms with Gasteiger partial charge in [0.15, 0.2) is 5.76 Å². The number of amides is 1. The molecule has 0 unspecified atom stereocenters. The van der Waals surface area contributed by atoms with Crippen molar-refractivity contribution in [3.05, 3.63) is 78.8 Å². The minimum absolute atomic E-state index is 0.264. The van der Waals surface area contributed by atoms with Gasteiger partial charge in [0.2, 0.25) is 5.89 Å². The third kappa shape index (κ3) is 2.84. The first-order chi connectivity index (χ1) is 13.8. The van der Waals surface area contributed by atoms with Gasteiger partial charge in [-0.2, -0.15) is 0 Å². The van der Waals surface area contributed by atoms with E-state index in [0.29, 0.717) is 39.9 Å². The summed E-state index contributed by atoms with van der Waals surface area (Å²) < 4.78 is 16.4. The monoisotopic (exact) mass is 371 g/mol. The summed E-state index contributed by atoms with van der Waals surface area (Å²) in [5.41, 5.74) is 2.30. The van der Waals surface area contributed by atoms with E-state index in [1.165, 1.54) is 6.26 Å². The highest BCUT2D eigenvalue weighted by Gasteiger charge is 2.15. The van der Waals surface area contributed by atoms with Crippen LogP contribution in [0.15, 0.2) is 86.4 Å². The second kappa shape index (κ2) is 6.55. The normalized spacial score (nSPS) is 11.0. The zero-order chi connectivity index (χ0) is 18.9. The molecule has 7 heteroatoms. The Bertz CT molecular complexity index is 1270. The van der Waals surface area contributed by atoms with Crippen LogP contribution in [0.1, 0.15) is 10.4 Å². The molecular weight excluding hydrogens is 358 g/mol. The fourth-order valence-electron chi connectivity index (χ4n) is 2.94. The van der Waals surface area contributed by atoms with E-state index >= 15 is 0 Å². The lowest BCUT2D eigenvalue weighted by Gasteiger charge is -2.06. The molecule has 1 amide bonds. The minimum atomic E-state index is -0.264. The zero-order valence-corrected chi connectivity index (χ0v) is 14.5. The molecule has 0 spiro atoms. The van der Waals surface area contributed by atoms with Gasteiger partial charge < -0.3 is 18.6 Å². The van der Waals surface area contributed by atoms with Gasteiger partial charge in [-0.1, -0.05) is 18.2 Å². The van der Waals surface area contributed by atoms with Gasteiger partial charge in [-0.25, -0.2) is 0 Å². The standard InChI is InChI=1S/C21H13N3O4/c25-19(16-7-2-4-13-9-11-27-18(13)16)22-15-6-1-5-14(12-15)20-23-24-21(28-20)17-8-3-10-26-17/h1-12H,(H,22,25). The number of hydrogen-bond donors (Lipinski definition) is 1. The third-order valence-corrected chi connectivity index (χ3v) is 4.25. The van der Waals surface area contributed by atoms with E-state index in [1.54, 1.807) is 42.7 Å². The van der Waals surface area contributed by atoms with E-state index in [4.69, 9.17) is 13.3 Å². The van der Waals surface area contributed by atoms with Gasteiger partial charge in [0.05, 0.1) is 18.1 Å². The fourth-order valence-corrected chi connectivity index (χ4v) is 2.94. The number of para-hydroxylation sites is 1. The van der Waals surface area contributed by atoms with Crippen LogP contribution in [0.5, 0.6) is 0 Å². The molecule has 3 heterocycles. The highest BCUT2D eigenvalue weighted by Crippen LogP contribution is 2.26. The third-order valence-electron chi connectivity index (χ3n) is 4.25. The molecular formula is C21H13N3O4. The van der Waals surface area contributed by atoms with Crippen LogP contribution in [0.25, 0.3) is 34.1 Å². The Morgan fingerprint density at radius 2 is 1.75 bits per heavy atom. The maximum absolute atomic E-state index is 12.7. The molecule has 1 N–H and O–H groups in total. The summed E-state index contributed by atoms with van der Waals surface area (Å²) in [4.78, 5) is 12.7. The van der Waals surface area contributed by atoms with Gasteiger partial charge in [0.25, 0.3) is 11.8 Å². The van der Waals surface area contributed by atoms with Crippen LogP contribution in [-0.4, -0.2) is 16.1 Å². The number of fused-ring (bicyclic) bond motifs is 1. The van der Waals surface area contributed by atoms with Crippen molar-refractivity contribution in [3.8, 4) is 23.1 Å². The van der Waals surface area contributed by atoms with Crippen molar-refractivity contribution in [3.63, 3.8) is 0 Å². The molecule has 0 radical (unpaired) electrons. The van der Waals surface area contributed by atoms with E-state index in [9.17, 15) is 4.79 Å². The molecule has 0 aliphatic rings. The largest absolute Gasteiger partial charge is 0.464 e. The number of hydrogen-bond acceptors (Lipinski definition) is 6. The molecule has 28 heavy (non-hydrogen) atoms. The summed E-state index contributed by atoms with van der Waals surface area (Å²) in [6, 6.07) is 17.9. The Labute approximate surface area is 158 Å². The lowest BCUT2D eigenvalue weighted by Crippen LogP contribution is -2.12. The summed E-state index contributed by atoms with van der Waals surface area (Å²) in [6.45, 7) is 0. The number of carbonyl (C=O) groups excluding carboxylic acids is 1. The van der Waals surface area contributed by atoms with Crippen LogP contribution in [0.4, 0.5) is 5.69 Å². The summed E-state index contributed by atoms with van der Waals surface area (Å²) in [7, 11) is 0. The van der Waals surface area contributed by atoms with Crippen molar-refractivity contribution in [2.75, 3.05) is 5.32 Å². The number of rotatable bonds is 4. The zero-order valence-electron chi connectivity index (χ0n) is 14.5. The number of nitrogens with zero attached hydrogens (tertiary/aromatic N) is 2. The molecule has 0 saturated heterocycles. The van der Waals surface area contributed by atoms with Gasteiger partial charge in [0, 0.05) is 16.6 Å². The summed E-state index contributed by atoms with van der Waals surface area (Å²) >= 11 is 0. The smallest absolute Gasteiger partial charge is 0.283 e. The number of benzene rings is 2. The van der Waals surface area contributed by atoms with Crippen LogP contribution in [0.3, 0.4) is 0 Å². The van der Waals surface area contributed by atoms with Crippen LogP contribution < -0.4 is 5.32 Å². The Hall–Kier alpha value is -4.13. The van der Waals surface area contributed by atoms with Crippen LogP contribution in [0.2, 0.25) is 0 Å². The van der Waals surface area contributed by atoms with Crippen LogP contribution in [-0.2, 0) is 0 Å². The highest BCUT2D eigenvalue weighted by atomic mass is 16.4. The van der Waals surface area contributed by atoms with E-state index < -0.39 is 0 Å². The maximum Gasteiger partial charge on any atom is 0.283 e. The van der Waals surface area contributed by atoms with Gasteiger partial charge >= 0.3 is 0 Å². The van der Waals surface area contributed by atoms with Crippen molar-refractivity contribution in [2.45, 2.75) is 0 Å². The van der Waals surface area contributed by atoms with Crippen LogP contribution >= 0.6 is 0 Å². The van der Waals surface area contributed by atoms with Crippen molar-refractivity contribution in [2.24, 2.45) is 0 Å². The average molecular weight is 371 g/mol. The topological polar surface area (TPSA) is 94.3 Å². The number of nitrogens with one attached hydrogen (secondary N) is 1. The molecule has 5 aromatic rings. The summed E-state index contributed by atoms with van der Waals surface area (Å²) in [5, 5.41) is 11.8. The average Bonchev–Trinajstić information content (AvgIpc) is 3.48. The Morgan fingerprint density at radius 1 is 0.857 bits per heavy atom. The quantitative estimate of drug-likeness (QED) is 0.478. The Morgan fingerprint density at radius 3 is 2.64 bits per heavy atom. The lowest BCUT2D eigenvalue weighted by molar-refractivity contribution is 0.102. The second-order valence-corrected chi connectivity index (χ2v) is 6.07. The lowest BCUT2D eigenvalue weighted by atomic mass is 10.1. The molecule has 5 rings (SSSR count). The first kappa shape index (κ1) is 16.1. The van der Waals surface area contributed by atoms with E-state index in [0.717, 1.165) is 5.39 Å². The van der Waals surface area contributed by atoms with Gasteiger partial charge in [-0.05, 0) is 42.5 Å². The van der Waals surface area contributed by atoms with Gasteiger partial charge in [0.1, 0.15) is 5.58 Å². The maximum atomic E-state index is 12.7. The minimum Gasteiger partial charge on any atom is -0.464 e. The van der Waals surface area contributed by atoms with E-state index in [-0.39, 0.29) is 5.91 Å². The Kier molecular flexibility index (Phi) is 3.76. The van der Waals surface area contributed by atoms with Gasteiger partial charge in [-0.3, -0.25) is 4.79 Å². The number of carbonyl (C=O) groups is 1. The molecule has 0 aliphatic heterocycles. The number of aromatic nitrogens is 2. The highest BCUT2D eigenvalue weighted by molar-refractivity contribution is 6.11. The van der Waals surface area contributed by atoms with E-state index in [2.05, 4.69) is 15.5 Å². The van der Waals surface area contributed by atoms with Crippen molar-refractivity contribution in [1.82, 2.24) is 10.2 Å². The van der Waals surface area contributed by atoms with E-state index in [1.807, 2.05) is 24.3 Å². The molecule has 0 fully saturated rings.